The monoisotopic (exact) mass is 280 g/mol. The highest BCUT2D eigenvalue weighted by Gasteiger charge is 2.21. The van der Waals surface area contributed by atoms with E-state index in [1.807, 2.05) is 23.9 Å². The van der Waals surface area contributed by atoms with Crippen LogP contribution >= 0.6 is 11.8 Å². The predicted octanol–water partition coefficient (Wildman–Crippen LogP) is 3.88. The van der Waals surface area contributed by atoms with Crippen LogP contribution in [0.1, 0.15) is 11.1 Å². The topological polar surface area (TPSA) is 35.8 Å². The van der Waals surface area contributed by atoms with Gasteiger partial charge in [0.15, 0.2) is 0 Å². The molecule has 3 heteroatoms. The molecule has 3 rings (SSSR count). The van der Waals surface area contributed by atoms with Gasteiger partial charge in [0.25, 0.3) is 0 Å². The number of nitrogens with one attached hydrogen (secondary N) is 1. The van der Waals surface area contributed by atoms with Crippen molar-refractivity contribution >= 4 is 17.4 Å². The molecule has 1 aliphatic rings. The quantitative estimate of drug-likeness (QED) is 0.923. The Kier molecular flexibility index (Phi) is 3.94. The van der Waals surface area contributed by atoms with Crippen molar-refractivity contribution < 1.29 is 0 Å². The standard InChI is InChI=1S/C17H16N2S/c18-10-9-13-5-7-15(8-6-13)19-12-16-11-14-3-1-2-4-17(14)20-16/h1-8,16,19H,9,11-12H2. The van der Waals surface area contributed by atoms with Gasteiger partial charge in [0.1, 0.15) is 0 Å². The summed E-state index contributed by atoms with van der Waals surface area (Å²) in [5, 5.41) is 12.7. The summed E-state index contributed by atoms with van der Waals surface area (Å²) in [6.45, 7) is 0.969. The summed E-state index contributed by atoms with van der Waals surface area (Å²) >= 11 is 1.96. The first-order valence-electron chi connectivity index (χ1n) is 6.79. The molecule has 0 amide bonds. The van der Waals surface area contributed by atoms with Crippen molar-refractivity contribution in [3.63, 3.8) is 0 Å². The summed E-state index contributed by atoms with van der Waals surface area (Å²) in [6.07, 6.45) is 1.62. The van der Waals surface area contributed by atoms with E-state index in [1.165, 1.54) is 10.5 Å². The van der Waals surface area contributed by atoms with Crippen LogP contribution in [0, 0.1) is 11.3 Å². The zero-order chi connectivity index (χ0) is 13.8. The van der Waals surface area contributed by atoms with Crippen LogP contribution < -0.4 is 5.32 Å². The molecule has 1 atom stereocenters. The average molecular weight is 280 g/mol. The highest BCUT2D eigenvalue weighted by atomic mass is 32.2. The third-order valence-electron chi connectivity index (χ3n) is 3.48. The van der Waals surface area contributed by atoms with Crippen LogP contribution in [0.15, 0.2) is 53.4 Å². The van der Waals surface area contributed by atoms with Gasteiger partial charge in [-0.05, 0) is 35.7 Å². The van der Waals surface area contributed by atoms with Gasteiger partial charge in [-0.25, -0.2) is 0 Å². The van der Waals surface area contributed by atoms with Crippen molar-refractivity contribution in [1.82, 2.24) is 0 Å². The van der Waals surface area contributed by atoms with E-state index in [9.17, 15) is 0 Å². The minimum absolute atomic E-state index is 0.480. The van der Waals surface area contributed by atoms with Crippen molar-refractivity contribution in [3.05, 3.63) is 59.7 Å². The zero-order valence-electron chi connectivity index (χ0n) is 11.2. The third kappa shape index (κ3) is 2.97. The van der Waals surface area contributed by atoms with Crippen molar-refractivity contribution in [2.24, 2.45) is 0 Å². The summed E-state index contributed by atoms with van der Waals surface area (Å²) in [7, 11) is 0. The third-order valence-corrected chi connectivity index (χ3v) is 4.80. The molecule has 2 nitrogen and oxygen atoms in total. The maximum Gasteiger partial charge on any atom is 0.0669 e. The molecular formula is C17H16N2S. The lowest BCUT2D eigenvalue weighted by atomic mass is 10.1. The summed E-state index contributed by atoms with van der Waals surface area (Å²) in [6, 6.07) is 19.0. The van der Waals surface area contributed by atoms with Crippen LogP contribution in [-0.2, 0) is 12.8 Å². The molecule has 100 valence electrons. The minimum Gasteiger partial charge on any atom is -0.384 e. The fraction of sp³-hybridized carbons (Fsp3) is 0.235. The normalized spacial score (nSPS) is 16.4. The number of nitrogens with zero attached hydrogens (tertiary/aromatic N) is 1. The number of hydrogen-bond acceptors (Lipinski definition) is 3. The van der Waals surface area contributed by atoms with Crippen molar-refractivity contribution in [2.45, 2.75) is 23.0 Å². The first-order valence-corrected chi connectivity index (χ1v) is 7.67. The van der Waals surface area contributed by atoms with Crippen molar-refractivity contribution in [3.8, 4) is 6.07 Å². The SMILES string of the molecule is N#CCc1ccc(NCC2Cc3ccccc3S2)cc1. The maximum absolute atomic E-state index is 8.65. The first kappa shape index (κ1) is 13.1. The Balaban J connectivity index is 1.55. The Morgan fingerprint density at radius 2 is 1.95 bits per heavy atom. The van der Waals surface area contributed by atoms with Crippen LogP contribution in [-0.4, -0.2) is 11.8 Å². The molecule has 0 aliphatic carbocycles. The molecule has 0 spiro atoms. The summed E-state index contributed by atoms with van der Waals surface area (Å²) < 4.78 is 0. The minimum atomic E-state index is 0.480. The number of hydrogen-bond donors (Lipinski definition) is 1. The van der Waals surface area contributed by atoms with E-state index in [1.54, 1.807) is 0 Å². The molecule has 20 heavy (non-hydrogen) atoms. The molecule has 0 aromatic heterocycles. The average Bonchev–Trinajstić information content (AvgIpc) is 2.90. The molecule has 1 aliphatic heterocycles. The summed E-state index contributed by atoms with van der Waals surface area (Å²) in [5.74, 6) is 0. The van der Waals surface area contributed by atoms with Gasteiger partial charge in [0.2, 0.25) is 0 Å². The summed E-state index contributed by atoms with van der Waals surface area (Å²) in [4.78, 5) is 1.42. The number of benzene rings is 2. The van der Waals surface area contributed by atoms with Gasteiger partial charge in [-0.15, -0.1) is 11.8 Å². The number of thioether (sulfide) groups is 1. The van der Waals surface area contributed by atoms with Crippen molar-refractivity contribution in [2.75, 3.05) is 11.9 Å². The lowest BCUT2D eigenvalue weighted by molar-refractivity contribution is 0.899. The summed E-state index contributed by atoms with van der Waals surface area (Å²) in [5.41, 5.74) is 3.66. The molecule has 1 N–H and O–H groups in total. The Morgan fingerprint density at radius 1 is 1.15 bits per heavy atom. The molecule has 1 heterocycles. The maximum atomic E-state index is 8.65. The molecule has 0 radical (unpaired) electrons. The molecule has 0 saturated carbocycles. The lowest BCUT2D eigenvalue weighted by Gasteiger charge is -2.11. The Labute approximate surface area is 123 Å². The fourth-order valence-electron chi connectivity index (χ4n) is 2.43. The van der Waals surface area contributed by atoms with E-state index in [4.69, 9.17) is 5.26 Å². The van der Waals surface area contributed by atoms with Crippen LogP contribution in [0.3, 0.4) is 0 Å². The van der Waals surface area contributed by atoms with Crippen molar-refractivity contribution in [1.29, 1.82) is 5.26 Å². The highest BCUT2D eigenvalue weighted by Crippen LogP contribution is 2.36. The molecule has 2 aromatic rings. The van der Waals surface area contributed by atoms with E-state index >= 15 is 0 Å². The van der Waals surface area contributed by atoms with Gasteiger partial charge in [-0.3, -0.25) is 0 Å². The second kappa shape index (κ2) is 6.02. The molecular weight excluding hydrogens is 264 g/mol. The smallest absolute Gasteiger partial charge is 0.0669 e. The van der Waals surface area contributed by atoms with Gasteiger partial charge in [0.05, 0.1) is 12.5 Å². The van der Waals surface area contributed by atoms with Crippen LogP contribution in [0.25, 0.3) is 0 Å². The largest absolute Gasteiger partial charge is 0.384 e. The zero-order valence-corrected chi connectivity index (χ0v) is 12.0. The van der Waals surface area contributed by atoms with Gasteiger partial charge in [0, 0.05) is 22.4 Å². The number of fused-ring (bicyclic) bond motifs is 1. The molecule has 0 bridgehead atoms. The highest BCUT2D eigenvalue weighted by molar-refractivity contribution is 8.00. The number of anilines is 1. The lowest BCUT2D eigenvalue weighted by Crippen LogP contribution is -2.15. The molecule has 0 fully saturated rings. The van der Waals surface area contributed by atoms with Crippen LogP contribution in [0.4, 0.5) is 5.69 Å². The van der Waals surface area contributed by atoms with E-state index in [2.05, 4.69) is 47.8 Å². The molecule has 2 aromatic carbocycles. The van der Waals surface area contributed by atoms with Gasteiger partial charge < -0.3 is 5.32 Å². The van der Waals surface area contributed by atoms with E-state index in [0.29, 0.717) is 11.7 Å². The Bertz CT molecular complexity index is 603. The fourth-order valence-corrected chi connectivity index (χ4v) is 3.68. The second-order valence-electron chi connectivity index (χ2n) is 4.96. The first-order chi connectivity index (χ1) is 9.85. The van der Waals surface area contributed by atoms with Crippen LogP contribution in [0.2, 0.25) is 0 Å². The van der Waals surface area contributed by atoms with E-state index in [0.717, 1.165) is 24.2 Å². The van der Waals surface area contributed by atoms with Gasteiger partial charge >= 0.3 is 0 Å². The van der Waals surface area contributed by atoms with Crippen LogP contribution in [0.5, 0.6) is 0 Å². The molecule has 1 unspecified atom stereocenters. The number of rotatable bonds is 4. The van der Waals surface area contributed by atoms with E-state index < -0.39 is 0 Å². The molecule has 0 saturated heterocycles. The van der Waals surface area contributed by atoms with E-state index in [-0.39, 0.29) is 0 Å². The van der Waals surface area contributed by atoms with Gasteiger partial charge in [-0.1, -0.05) is 30.3 Å². The predicted molar refractivity (Wildman–Crippen MR) is 84.0 cm³/mol. The second-order valence-corrected chi connectivity index (χ2v) is 6.31. The Morgan fingerprint density at radius 3 is 2.70 bits per heavy atom. The number of nitriles is 1. The Hall–Kier alpha value is -1.92. The van der Waals surface area contributed by atoms with Gasteiger partial charge in [-0.2, -0.15) is 5.26 Å².